The third-order valence-corrected chi connectivity index (χ3v) is 6.99. The van der Waals surface area contributed by atoms with Crippen LogP contribution in [-0.2, 0) is 16.7 Å². The molecular weight excluding hydrogens is 518 g/mol. The first-order chi connectivity index (χ1) is 19.5. The van der Waals surface area contributed by atoms with E-state index in [-0.39, 0.29) is 48.1 Å². The Morgan fingerprint density at radius 2 is 1.83 bits per heavy atom. The van der Waals surface area contributed by atoms with Crippen LogP contribution in [0.15, 0.2) is 59.4 Å². The summed E-state index contributed by atoms with van der Waals surface area (Å²) in [7, 11) is 1.53. The number of rotatable bonds is 8. The molecule has 0 radical (unpaired) electrons. The molecule has 2 heterocycles. The highest BCUT2D eigenvalue weighted by atomic mass is 16.5. The number of nitriles is 1. The summed E-state index contributed by atoms with van der Waals surface area (Å²) < 4.78 is 12.3. The first-order valence-electron chi connectivity index (χ1n) is 13.5. The highest BCUT2D eigenvalue weighted by Crippen LogP contribution is 2.39. The summed E-state index contributed by atoms with van der Waals surface area (Å²) >= 11 is 0. The molecule has 8 nitrogen and oxygen atoms in total. The molecule has 0 unspecified atom stereocenters. The number of pyridine rings is 2. The molecule has 0 bridgehead atoms. The highest BCUT2D eigenvalue weighted by Gasteiger charge is 2.33. The Morgan fingerprint density at radius 1 is 1.12 bits per heavy atom. The molecule has 212 valence electrons. The van der Waals surface area contributed by atoms with Crippen molar-refractivity contribution >= 4 is 16.9 Å². The topological polar surface area (TPSA) is 114 Å². The van der Waals surface area contributed by atoms with E-state index in [4.69, 9.17) is 19.7 Å². The molecule has 4 rings (SSSR count). The number of esters is 1. The number of aromatic nitrogens is 2. The van der Waals surface area contributed by atoms with Crippen LogP contribution in [0.4, 0.5) is 0 Å². The molecule has 0 fully saturated rings. The summed E-state index contributed by atoms with van der Waals surface area (Å²) in [5.41, 5.74) is 1.57. The fourth-order valence-electron chi connectivity index (χ4n) is 4.89. The van der Waals surface area contributed by atoms with Crippen LogP contribution in [-0.4, -0.2) is 34.3 Å². The van der Waals surface area contributed by atoms with Gasteiger partial charge in [0.1, 0.15) is 23.8 Å². The second kappa shape index (κ2) is 11.8. The minimum Gasteiger partial charge on any atom is -0.507 e. The molecule has 2 aromatic carbocycles. The molecule has 8 heteroatoms. The van der Waals surface area contributed by atoms with E-state index in [0.717, 1.165) is 10.9 Å². The maximum atomic E-state index is 14.1. The van der Waals surface area contributed by atoms with E-state index in [2.05, 4.69) is 19.9 Å². The van der Waals surface area contributed by atoms with Gasteiger partial charge < -0.3 is 14.6 Å². The van der Waals surface area contributed by atoms with Crippen LogP contribution in [0.3, 0.4) is 0 Å². The predicted octanol–water partition coefficient (Wildman–Crippen LogP) is 6.32. The molecule has 0 spiro atoms. The van der Waals surface area contributed by atoms with Crippen LogP contribution in [0.1, 0.15) is 74.1 Å². The summed E-state index contributed by atoms with van der Waals surface area (Å²) in [5, 5.41) is 21.6. The van der Waals surface area contributed by atoms with Crippen molar-refractivity contribution in [2.24, 2.45) is 0 Å². The smallest absolute Gasteiger partial charge is 0.355 e. The number of para-hydroxylation sites is 1. The number of carbonyl (C=O) groups is 1. The number of fused-ring (bicyclic) bond motifs is 1. The highest BCUT2D eigenvalue weighted by molar-refractivity contribution is 5.98. The van der Waals surface area contributed by atoms with Gasteiger partial charge in [0.05, 0.1) is 48.5 Å². The van der Waals surface area contributed by atoms with Crippen molar-refractivity contribution in [3.8, 4) is 28.8 Å². The Balaban J connectivity index is 2.09. The molecule has 4 aromatic rings. The average molecular weight is 554 g/mol. The van der Waals surface area contributed by atoms with E-state index in [0.29, 0.717) is 22.5 Å². The van der Waals surface area contributed by atoms with Gasteiger partial charge in [-0.05, 0) is 35.1 Å². The lowest BCUT2D eigenvalue weighted by atomic mass is 9.85. The minimum atomic E-state index is -0.837. The molecule has 0 saturated heterocycles. The van der Waals surface area contributed by atoms with Crippen LogP contribution in [0.5, 0.6) is 11.5 Å². The molecule has 2 aromatic heterocycles. The number of methoxy groups -OCH3 is 1. The lowest BCUT2D eigenvalue weighted by Gasteiger charge is -2.26. The summed E-state index contributed by atoms with van der Waals surface area (Å²) in [6.07, 6.45) is -0.0178. The Bertz CT molecular complexity index is 1710. The summed E-state index contributed by atoms with van der Waals surface area (Å²) in [4.78, 5) is 32.6. The minimum absolute atomic E-state index is 0.0178. The van der Waals surface area contributed by atoms with Gasteiger partial charge in [-0.25, -0.2) is 9.78 Å². The van der Waals surface area contributed by atoms with Crippen molar-refractivity contribution in [2.75, 3.05) is 13.7 Å². The van der Waals surface area contributed by atoms with Gasteiger partial charge in [0.15, 0.2) is 0 Å². The summed E-state index contributed by atoms with van der Waals surface area (Å²) in [6.45, 7) is 9.48. The second-order valence-electron chi connectivity index (χ2n) is 11.2. The van der Waals surface area contributed by atoms with Crippen LogP contribution in [0.2, 0.25) is 0 Å². The van der Waals surface area contributed by atoms with Gasteiger partial charge in [0, 0.05) is 10.9 Å². The average Bonchev–Trinajstić information content (AvgIpc) is 2.93. The third-order valence-electron chi connectivity index (χ3n) is 6.99. The molecule has 0 aliphatic rings. The third kappa shape index (κ3) is 5.94. The molecule has 0 aliphatic carbocycles. The van der Waals surface area contributed by atoms with Gasteiger partial charge in [0.25, 0.3) is 5.56 Å². The molecule has 0 saturated carbocycles. The number of carbonyl (C=O) groups excluding carboxylic acids is 1. The Kier molecular flexibility index (Phi) is 8.48. The largest absolute Gasteiger partial charge is 0.507 e. The number of benzene rings is 2. The van der Waals surface area contributed by atoms with Gasteiger partial charge in [-0.2, -0.15) is 5.26 Å². The lowest BCUT2D eigenvalue weighted by molar-refractivity contribution is 0.0499. The second-order valence-corrected chi connectivity index (χ2v) is 11.2. The lowest BCUT2D eigenvalue weighted by Crippen LogP contribution is -2.35. The van der Waals surface area contributed by atoms with Gasteiger partial charge >= 0.3 is 5.97 Å². The van der Waals surface area contributed by atoms with E-state index in [1.807, 2.05) is 57.2 Å². The zero-order chi connectivity index (χ0) is 29.9. The molecule has 0 amide bonds. The van der Waals surface area contributed by atoms with E-state index in [9.17, 15) is 14.7 Å². The quantitative estimate of drug-likeness (QED) is 0.201. The zero-order valence-corrected chi connectivity index (χ0v) is 24.3. The summed E-state index contributed by atoms with van der Waals surface area (Å²) in [6, 6.07) is 18.8. The normalized spacial score (nSPS) is 11.5. The Labute approximate surface area is 239 Å². The van der Waals surface area contributed by atoms with Crippen molar-refractivity contribution in [3.05, 3.63) is 87.3 Å². The van der Waals surface area contributed by atoms with E-state index in [1.54, 1.807) is 18.2 Å². The number of hydrogen-bond acceptors (Lipinski definition) is 7. The van der Waals surface area contributed by atoms with E-state index in [1.165, 1.54) is 11.7 Å². The Hall–Kier alpha value is -4.64. The fourth-order valence-corrected chi connectivity index (χ4v) is 4.89. The van der Waals surface area contributed by atoms with Crippen LogP contribution in [0.25, 0.3) is 22.2 Å². The molecule has 0 aliphatic heterocycles. The molecular formula is C33H35N3O5. The standard InChI is InChI=1S/C33H35N3O5/c1-20(2)22-13-12-21-14-15-24(35-25(21)18-22)27-29(32(39)41-17-9-16-34)36(19-23-10-7-8-11-26(23)40-6)31(38)28(30(27)37)33(3,4)5/h7-8,10-15,18,20,37H,9,17,19H2,1-6H3. The zero-order valence-electron chi connectivity index (χ0n) is 24.3. The number of aromatic hydroxyl groups is 1. The Morgan fingerprint density at radius 3 is 2.49 bits per heavy atom. The van der Waals surface area contributed by atoms with Gasteiger partial charge in [-0.15, -0.1) is 0 Å². The number of nitrogens with zero attached hydrogens (tertiary/aromatic N) is 3. The molecule has 1 N–H and O–H groups in total. The first-order valence-corrected chi connectivity index (χ1v) is 13.5. The number of hydrogen-bond donors (Lipinski definition) is 1. The molecule has 41 heavy (non-hydrogen) atoms. The van der Waals surface area contributed by atoms with Crippen molar-refractivity contribution in [3.63, 3.8) is 0 Å². The van der Waals surface area contributed by atoms with Crippen LogP contribution < -0.4 is 10.3 Å². The molecule has 0 atom stereocenters. The predicted molar refractivity (Wildman–Crippen MR) is 159 cm³/mol. The SMILES string of the molecule is COc1ccccc1Cn1c(C(=O)OCCC#N)c(-c2ccc3ccc(C(C)C)cc3n2)c(O)c(C(C)(C)C)c1=O. The van der Waals surface area contributed by atoms with Crippen molar-refractivity contribution in [1.82, 2.24) is 9.55 Å². The fraction of sp³-hybridized carbons (Fsp3) is 0.333. The van der Waals surface area contributed by atoms with E-state index >= 15 is 0 Å². The van der Waals surface area contributed by atoms with Gasteiger partial charge in [0.2, 0.25) is 0 Å². The monoisotopic (exact) mass is 553 g/mol. The maximum Gasteiger partial charge on any atom is 0.355 e. The van der Waals surface area contributed by atoms with Crippen molar-refractivity contribution < 1.29 is 19.4 Å². The van der Waals surface area contributed by atoms with Crippen LogP contribution in [0, 0.1) is 11.3 Å². The van der Waals surface area contributed by atoms with Crippen molar-refractivity contribution in [2.45, 2.75) is 58.9 Å². The van der Waals surface area contributed by atoms with Crippen molar-refractivity contribution in [1.29, 1.82) is 5.26 Å². The summed E-state index contributed by atoms with van der Waals surface area (Å²) in [5.74, 6) is -0.340. The number of ether oxygens (including phenoxy) is 2. The van der Waals surface area contributed by atoms with Crippen LogP contribution >= 0.6 is 0 Å². The van der Waals surface area contributed by atoms with Gasteiger partial charge in [-0.1, -0.05) is 71.0 Å². The van der Waals surface area contributed by atoms with Gasteiger partial charge in [-0.3, -0.25) is 9.36 Å². The van der Waals surface area contributed by atoms with E-state index < -0.39 is 16.9 Å². The first kappa shape index (κ1) is 29.3. The maximum absolute atomic E-state index is 14.1.